The van der Waals surface area contributed by atoms with Crippen LogP contribution in [0.2, 0.25) is 0 Å². The fourth-order valence-corrected chi connectivity index (χ4v) is 1.81. The fourth-order valence-electron chi connectivity index (χ4n) is 1.81. The summed E-state index contributed by atoms with van der Waals surface area (Å²) >= 11 is 0. The molecule has 6 heteroatoms. The van der Waals surface area contributed by atoms with E-state index in [1.807, 2.05) is 0 Å². The molecule has 0 saturated heterocycles. The molecule has 5 nitrogen and oxygen atoms in total. The molecule has 0 fully saturated rings. The SMILES string of the molecule is CCOC(=O)Nc1cccc(OC(=O)/C=C/c2ccc(F)cc2)c1. The van der Waals surface area contributed by atoms with Gasteiger partial charge >= 0.3 is 12.1 Å². The summed E-state index contributed by atoms with van der Waals surface area (Å²) in [4.78, 5) is 23.1. The van der Waals surface area contributed by atoms with Crippen molar-refractivity contribution >= 4 is 23.8 Å². The number of esters is 1. The second-order valence-electron chi connectivity index (χ2n) is 4.68. The topological polar surface area (TPSA) is 64.6 Å². The van der Waals surface area contributed by atoms with Gasteiger partial charge in [-0.3, -0.25) is 5.32 Å². The average Bonchev–Trinajstić information content (AvgIpc) is 2.55. The van der Waals surface area contributed by atoms with E-state index in [0.717, 1.165) is 0 Å². The van der Waals surface area contributed by atoms with Gasteiger partial charge in [0, 0.05) is 17.8 Å². The van der Waals surface area contributed by atoms with Crippen molar-refractivity contribution in [3.05, 3.63) is 66.0 Å². The highest BCUT2D eigenvalue weighted by Crippen LogP contribution is 2.18. The Kier molecular flexibility index (Phi) is 6.08. The van der Waals surface area contributed by atoms with Crippen LogP contribution >= 0.6 is 0 Å². The lowest BCUT2D eigenvalue weighted by atomic mass is 10.2. The van der Waals surface area contributed by atoms with Gasteiger partial charge in [-0.25, -0.2) is 14.0 Å². The van der Waals surface area contributed by atoms with Crippen molar-refractivity contribution in [3.8, 4) is 5.75 Å². The summed E-state index contributed by atoms with van der Waals surface area (Å²) in [6.07, 6.45) is 2.17. The van der Waals surface area contributed by atoms with Crippen LogP contribution in [-0.2, 0) is 9.53 Å². The van der Waals surface area contributed by atoms with E-state index in [1.54, 1.807) is 37.3 Å². The molecule has 0 atom stereocenters. The summed E-state index contributed by atoms with van der Waals surface area (Å²) in [5.74, 6) is -0.661. The number of carbonyl (C=O) groups excluding carboxylic acids is 2. The van der Waals surface area contributed by atoms with Crippen LogP contribution in [0.5, 0.6) is 5.75 Å². The fraction of sp³-hybridized carbons (Fsp3) is 0.111. The molecule has 0 saturated carbocycles. The smallest absolute Gasteiger partial charge is 0.411 e. The number of amides is 1. The number of nitrogens with one attached hydrogen (secondary N) is 1. The lowest BCUT2D eigenvalue weighted by Crippen LogP contribution is -2.13. The van der Waals surface area contributed by atoms with Crippen molar-refractivity contribution in [2.45, 2.75) is 6.92 Å². The molecule has 2 rings (SSSR count). The average molecular weight is 329 g/mol. The molecule has 0 spiro atoms. The quantitative estimate of drug-likeness (QED) is 0.511. The number of carbonyl (C=O) groups is 2. The van der Waals surface area contributed by atoms with E-state index in [0.29, 0.717) is 11.3 Å². The minimum atomic E-state index is -0.590. The van der Waals surface area contributed by atoms with Crippen LogP contribution in [0.25, 0.3) is 6.08 Å². The zero-order valence-corrected chi connectivity index (χ0v) is 13.0. The summed E-state index contributed by atoms with van der Waals surface area (Å²) in [6, 6.07) is 12.0. The molecule has 2 aromatic rings. The Morgan fingerprint density at radius 1 is 1.17 bits per heavy atom. The molecule has 0 unspecified atom stereocenters. The van der Waals surface area contributed by atoms with Gasteiger partial charge in [-0.15, -0.1) is 0 Å². The van der Waals surface area contributed by atoms with Gasteiger partial charge in [-0.05, 0) is 42.8 Å². The summed E-state index contributed by atoms with van der Waals surface area (Å²) in [7, 11) is 0. The van der Waals surface area contributed by atoms with Crippen LogP contribution in [0.1, 0.15) is 12.5 Å². The van der Waals surface area contributed by atoms with Crippen molar-refractivity contribution in [1.29, 1.82) is 0 Å². The predicted octanol–water partition coefficient (Wildman–Crippen LogP) is 4.01. The van der Waals surface area contributed by atoms with Crippen LogP contribution < -0.4 is 10.1 Å². The van der Waals surface area contributed by atoms with Gasteiger partial charge in [0.15, 0.2) is 0 Å². The van der Waals surface area contributed by atoms with Crippen molar-refractivity contribution in [1.82, 2.24) is 0 Å². The minimum absolute atomic E-state index is 0.259. The van der Waals surface area contributed by atoms with Gasteiger partial charge in [0.25, 0.3) is 0 Å². The highest BCUT2D eigenvalue weighted by atomic mass is 19.1. The highest BCUT2D eigenvalue weighted by molar-refractivity contribution is 5.89. The molecule has 0 aliphatic rings. The molecule has 1 amide bonds. The third-order valence-electron chi connectivity index (χ3n) is 2.86. The number of halogens is 1. The first-order valence-electron chi connectivity index (χ1n) is 7.26. The van der Waals surface area contributed by atoms with Crippen molar-refractivity contribution < 1.29 is 23.5 Å². The standard InChI is InChI=1S/C18H16FNO4/c1-2-23-18(22)20-15-4-3-5-16(12-15)24-17(21)11-8-13-6-9-14(19)10-7-13/h3-12H,2H2,1H3,(H,20,22)/b11-8+. The maximum atomic E-state index is 12.8. The Balaban J connectivity index is 1.96. The van der Waals surface area contributed by atoms with Crippen molar-refractivity contribution in [2.75, 3.05) is 11.9 Å². The normalized spacial score (nSPS) is 10.4. The maximum absolute atomic E-state index is 12.8. The van der Waals surface area contributed by atoms with E-state index < -0.39 is 12.1 Å². The largest absolute Gasteiger partial charge is 0.450 e. The minimum Gasteiger partial charge on any atom is -0.450 e. The number of anilines is 1. The Morgan fingerprint density at radius 3 is 2.62 bits per heavy atom. The van der Waals surface area contributed by atoms with E-state index in [9.17, 15) is 14.0 Å². The van der Waals surface area contributed by atoms with E-state index >= 15 is 0 Å². The summed E-state index contributed by atoms with van der Waals surface area (Å²) in [6.45, 7) is 1.96. The first-order chi connectivity index (χ1) is 11.6. The third-order valence-corrected chi connectivity index (χ3v) is 2.86. The van der Waals surface area contributed by atoms with Crippen LogP contribution in [-0.4, -0.2) is 18.7 Å². The molecule has 124 valence electrons. The first kappa shape index (κ1) is 17.2. The van der Waals surface area contributed by atoms with Crippen LogP contribution in [0.15, 0.2) is 54.6 Å². The Morgan fingerprint density at radius 2 is 1.92 bits per heavy atom. The summed E-state index contributed by atoms with van der Waals surface area (Å²) in [5, 5.41) is 2.51. The lowest BCUT2D eigenvalue weighted by Gasteiger charge is -2.07. The Bertz CT molecular complexity index is 741. The number of rotatable bonds is 5. The van der Waals surface area contributed by atoms with E-state index in [2.05, 4.69) is 5.32 Å². The molecule has 0 bridgehead atoms. The third kappa shape index (κ3) is 5.57. The molecule has 24 heavy (non-hydrogen) atoms. The lowest BCUT2D eigenvalue weighted by molar-refractivity contribution is -0.128. The Labute approximate surface area is 138 Å². The van der Waals surface area contributed by atoms with Crippen LogP contribution in [0, 0.1) is 5.82 Å². The van der Waals surface area contributed by atoms with Gasteiger partial charge < -0.3 is 9.47 Å². The number of hydrogen-bond acceptors (Lipinski definition) is 4. The van der Waals surface area contributed by atoms with E-state index in [1.165, 1.54) is 30.4 Å². The van der Waals surface area contributed by atoms with Crippen molar-refractivity contribution in [3.63, 3.8) is 0 Å². The molecule has 0 heterocycles. The molecule has 0 aromatic heterocycles. The molecule has 2 aromatic carbocycles. The summed E-state index contributed by atoms with van der Waals surface area (Å²) in [5.41, 5.74) is 1.12. The molecular formula is C18H16FNO4. The van der Waals surface area contributed by atoms with E-state index in [4.69, 9.17) is 9.47 Å². The zero-order chi connectivity index (χ0) is 17.4. The number of benzene rings is 2. The molecule has 1 N–H and O–H groups in total. The summed E-state index contributed by atoms with van der Waals surface area (Å²) < 4.78 is 22.7. The van der Waals surface area contributed by atoms with Crippen molar-refractivity contribution in [2.24, 2.45) is 0 Å². The molecule has 0 aliphatic heterocycles. The number of ether oxygens (including phenoxy) is 2. The zero-order valence-electron chi connectivity index (χ0n) is 13.0. The van der Waals surface area contributed by atoms with Gasteiger partial charge in [0.1, 0.15) is 11.6 Å². The number of hydrogen-bond donors (Lipinski definition) is 1. The molecule has 0 radical (unpaired) electrons. The maximum Gasteiger partial charge on any atom is 0.411 e. The molecule has 0 aliphatic carbocycles. The predicted molar refractivity (Wildman–Crippen MR) is 88.2 cm³/mol. The Hall–Kier alpha value is -3.15. The highest BCUT2D eigenvalue weighted by Gasteiger charge is 2.05. The van der Waals surface area contributed by atoms with E-state index in [-0.39, 0.29) is 18.2 Å². The van der Waals surface area contributed by atoms with Gasteiger partial charge in [0.2, 0.25) is 0 Å². The molecular weight excluding hydrogens is 313 g/mol. The second-order valence-corrected chi connectivity index (χ2v) is 4.68. The monoisotopic (exact) mass is 329 g/mol. The van der Waals surface area contributed by atoms with Gasteiger partial charge in [-0.2, -0.15) is 0 Å². The van der Waals surface area contributed by atoms with Gasteiger partial charge in [0.05, 0.1) is 6.61 Å². The van der Waals surface area contributed by atoms with Gasteiger partial charge in [-0.1, -0.05) is 18.2 Å². The van der Waals surface area contributed by atoms with Crippen LogP contribution in [0.4, 0.5) is 14.9 Å². The second kappa shape index (κ2) is 8.47. The first-order valence-corrected chi connectivity index (χ1v) is 7.26. The van der Waals surface area contributed by atoms with Crippen LogP contribution in [0.3, 0.4) is 0 Å².